The average molecular weight is 323 g/mol. The van der Waals surface area contributed by atoms with Gasteiger partial charge in [-0.15, -0.1) is 0 Å². The molecule has 0 aliphatic heterocycles. The largest absolute Gasteiger partial charge is 0.396 e. The first-order chi connectivity index (χ1) is 9.99. The summed E-state index contributed by atoms with van der Waals surface area (Å²) in [5.74, 6) is 0.387. The van der Waals surface area contributed by atoms with Crippen molar-refractivity contribution in [1.82, 2.24) is 0 Å². The third kappa shape index (κ3) is 16.1. The van der Waals surface area contributed by atoms with Gasteiger partial charge < -0.3 is 5.11 Å². The molecular weight excluding hydrogens is 288 g/mol. The van der Waals surface area contributed by atoms with Crippen molar-refractivity contribution in [2.24, 2.45) is 5.92 Å². The van der Waals surface area contributed by atoms with E-state index in [0.29, 0.717) is 18.9 Å². The molecule has 1 atom stereocenters. The Bertz CT molecular complexity index is 314. The van der Waals surface area contributed by atoms with Crippen LogP contribution in [0.3, 0.4) is 0 Å². The van der Waals surface area contributed by atoms with E-state index in [1.54, 1.807) is 0 Å². The number of hydrogen-bond acceptors (Lipinski definition) is 3. The Labute approximate surface area is 131 Å². The molecule has 0 saturated carbocycles. The molecule has 2 N–H and O–H groups in total. The molecule has 0 fully saturated rings. The number of rotatable bonds is 15. The zero-order valence-electron chi connectivity index (χ0n) is 13.6. The number of aliphatic hydroxyl groups is 1. The van der Waals surface area contributed by atoms with Gasteiger partial charge >= 0.3 is 0 Å². The molecule has 0 amide bonds. The molecule has 0 radical (unpaired) electrons. The monoisotopic (exact) mass is 322 g/mol. The highest BCUT2D eigenvalue weighted by Gasteiger charge is 2.06. The molecule has 4 nitrogen and oxygen atoms in total. The van der Waals surface area contributed by atoms with Crippen LogP contribution in [0.4, 0.5) is 0 Å². The van der Waals surface area contributed by atoms with Crippen LogP contribution in [-0.4, -0.2) is 30.4 Å². The zero-order chi connectivity index (χ0) is 16.0. The Morgan fingerprint density at radius 3 is 1.76 bits per heavy atom. The van der Waals surface area contributed by atoms with Crippen molar-refractivity contribution in [2.45, 2.75) is 84.0 Å². The minimum absolute atomic E-state index is 0.104. The number of hydrogen-bond donors (Lipinski definition) is 2. The Morgan fingerprint density at radius 2 is 1.29 bits per heavy atom. The lowest BCUT2D eigenvalue weighted by Crippen LogP contribution is -2.05. The van der Waals surface area contributed by atoms with Crippen LogP contribution in [0.2, 0.25) is 0 Å². The molecular formula is C16H34O4S. The fraction of sp³-hybridized carbons (Fsp3) is 1.00. The summed E-state index contributed by atoms with van der Waals surface area (Å²) in [6.07, 6.45) is 13.2. The lowest BCUT2D eigenvalue weighted by atomic mass is 9.96. The van der Waals surface area contributed by atoms with Gasteiger partial charge in [0.05, 0.1) is 5.75 Å². The highest BCUT2D eigenvalue weighted by Crippen LogP contribution is 2.17. The third-order valence-electron chi connectivity index (χ3n) is 3.99. The summed E-state index contributed by atoms with van der Waals surface area (Å²) in [7, 11) is -3.77. The van der Waals surface area contributed by atoms with Crippen molar-refractivity contribution in [1.29, 1.82) is 0 Å². The fourth-order valence-corrected chi connectivity index (χ4v) is 3.17. The minimum Gasteiger partial charge on any atom is -0.396 e. The molecule has 0 aromatic rings. The molecule has 0 aromatic carbocycles. The second kappa shape index (κ2) is 13.5. The smallest absolute Gasteiger partial charge is 0.264 e. The van der Waals surface area contributed by atoms with Crippen LogP contribution in [0.15, 0.2) is 0 Å². The highest BCUT2D eigenvalue weighted by atomic mass is 32.2. The molecule has 21 heavy (non-hydrogen) atoms. The SMILES string of the molecule is CCCCC(CO)CCCCCCCCCCS(=O)(=O)O. The molecule has 0 aliphatic rings. The van der Waals surface area contributed by atoms with Crippen molar-refractivity contribution >= 4 is 10.1 Å². The molecule has 128 valence electrons. The van der Waals surface area contributed by atoms with Crippen LogP contribution in [0.25, 0.3) is 0 Å². The summed E-state index contributed by atoms with van der Waals surface area (Å²) in [6.45, 7) is 2.51. The zero-order valence-corrected chi connectivity index (χ0v) is 14.4. The second-order valence-electron chi connectivity index (χ2n) is 6.09. The summed E-state index contributed by atoms with van der Waals surface area (Å²) < 4.78 is 29.6. The van der Waals surface area contributed by atoms with Crippen LogP contribution >= 0.6 is 0 Å². The molecule has 0 aliphatic carbocycles. The first-order valence-corrected chi connectivity index (χ1v) is 10.2. The van der Waals surface area contributed by atoms with E-state index in [9.17, 15) is 13.5 Å². The highest BCUT2D eigenvalue weighted by molar-refractivity contribution is 7.85. The summed E-state index contributed by atoms with van der Waals surface area (Å²) in [6, 6.07) is 0. The van der Waals surface area contributed by atoms with Gasteiger partial charge in [0.15, 0.2) is 0 Å². The van der Waals surface area contributed by atoms with E-state index in [1.807, 2.05) is 0 Å². The van der Waals surface area contributed by atoms with Gasteiger partial charge in [-0.25, -0.2) is 0 Å². The molecule has 0 rings (SSSR count). The van der Waals surface area contributed by atoms with Crippen LogP contribution in [0, 0.1) is 5.92 Å². The molecule has 1 unspecified atom stereocenters. The van der Waals surface area contributed by atoms with Crippen molar-refractivity contribution < 1.29 is 18.1 Å². The van der Waals surface area contributed by atoms with Gasteiger partial charge in [-0.05, 0) is 25.2 Å². The van der Waals surface area contributed by atoms with E-state index in [1.165, 1.54) is 38.5 Å². The maximum absolute atomic E-state index is 10.5. The van der Waals surface area contributed by atoms with Crippen LogP contribution in [0.1, 0.15) is 84.0 Å². The Morgan fingerprint density at radius 1 is 0.810 bits per heavy atom. The minimum atomic E-state index is -3.77. The van der Waals surface area contributed by atoms with Crippen molar-refractivity contribution in [3.05, 3.63) is 0 Å². The van der Waals surface area contributed by atoms with Crippen LogP contribution < -0.4 is 0 Å². The quantitative estimate of drug-likeness (QED) is 0.350. The lowest BCUT2D eigenvalue weighted by Gasteiger charge is -2.13. The molecule has 0 aromatic heterocycles. The van der Waals surface area contributed by atoms with E-state index < -0.39 is 10.1 Å². The Hall–Kier alpha value is -0.130. The van der Waals surface area contributed by atoms with E-state index in [0.717, 1.165) is 32.1 Å². The van der Waals surface area contributed by atoms with Crippen molar-refractivity contribution in [3.8, 4) is 0 Å². The maximum atomic E-state index is 10.5. The first kappa shape index (κ1) is 20.9. The lowest BCUT2D eigenvalue weighted by molar-refractivity contribution is 0.205. The van der Waals surface area contributed by atoms with Gasteiger partial charge in [0.25, 0.3) is 10.1 Å². The van der Waals surface area contributed by atoms with Crippen LogP contribution in [0.5, 0.6) is 0 Å². The molecule has 0 saturated heterocycles. The molecule has 0 spiro atoms. The Kier molecular flexibility index (Phi) is 13.4. The standard InChI is InChI=1S/C16H34O4S/c1-2-3-12-16(15-17)13-10-8-6-4-5-7-9-11-14-21(18,19)20/h16-17H,2-15H2,1H3,(H,18,19,20). The molecule has 0 heterocycles. The summed E-state index contributed by atoms with van der Waals surface area (Å²) >= 11 is 0. The molecule has 0 bridgehead atoms. The van der Waals surface area contributed by atoms with Gasteiger partial charge in [-0.3, -0.25) is 4.55 Å². The number of aliphatic hydroxyl groups excluding tert-OH is 1. The van der Waals surface area contributed by atoms with E-state index in [2.05, 4.69) is 6.92 Å². The third-order valence-corrected chi connectivity index (χ3v) is 4.79. The topological polar surface area (TPSA) is 74.6 Å². The van der Waals surface area contributed by atoms with Gasteiger partial charge in [-0.2, -0.15) is 8.42 Å². The maximum Gasteiger partial charge on any atom is 0.264 e. The van der Waals surface area contributed by atoms with E-state index in [4.69, 9.17) is 4.55 Å². The van der Waals surface area contributed by atoms with Crippen LogP contribution in [-0.2, 0) is 10.1 Å². The van der Waals surface area contributed by atoms with Crippen molar-refractivity contribution in [3.63, 3.8) is 0 Å². The fourth-order valence-electron chi connectivity index (χ4n) is 2.60. The van der Waals surface area contributed by atoms with E-state index >= 15 is 0 Å². The summed E-state index contributed by atoms with van der Waals surface area (Å²) in [4.78, 5) is 0. The predicted molar refractivity (Wildman–Crippen MR) is 88.1 cm³/mol. The molecule has 5 heteroatoms. The predicted octanol–water partition coefficient (Wildman–Crippen LogP) is 4.18. The summed E-state index contributed by atoms with van der Waals surface area (Å²) in [5, 5.41) is 9.27. The van der Waals surface area contributed by atoms with E-state index in [-0.39, 0.29) is 5.75 Å². The van der Waals surface area contributed by atoms with Gasteiger partial charge in [0, 0.05) is 6.61 Å². The second-order valence-corrected chi connectivity index (χ2v) is 7.67. The number of unbranched alkanes of at least 4 members (excludes halogenated alkanes) is 8. The van der Waals surface area contributed by atoms with Gasteiger partial charge in [0.2, 0.25) is 0 Å². The normalized spacial score (nSPS) is 13.5. The first-order valence-electron chi connectivity index (χ1n) is 8.55. The van der Waals surface area contributed by atoms with Gasteiger partial charge in [0.1, 0.15) is 0 Å². The Balaban J connectivity index is 3.28. The average Bonchev–Trinajstić information content (AvgIpc) is 2.43. The van der Waals surface area contributed by atoms with Gasteiger partial charge in [-0.1, -0.05) is 64.7 Å². The summed E-state index contributed by atoms with van der Waals surface area (Å²) in [5.41, 5.74) is 0. The van der Waals surface area contributed by atoms with Crippen molar-refractivity contribution in [2.75, 3.05) is 12.4 Å².